The van der Waals surface area contributed by atoms with Crippen LogP contribution in [0.25, 0.3) is 21.9 Å². The van der Waals surface area contributed by atoms with Crippen LogP contribution in [0.15, 0.2) is 212 Å². The van der Waals surface area contributed by atoms with E-state index in [0.717, 1.165) is 17.1 Å². The van der Waals surface area contributed by atoms with Crippen LogP contribution in [-0.2, 0) is 0 Å². The third kappa shape index (κ3) is 5.43. The van der Waals surface area contributed by atoms with Crippen LogP contribution in [0.4, 0.5) is 17.1 Å². The summed E-state index contributed by atoms with van der Waals surface area (Å²) in [7, 11) is 0. The van der Waals surface area contributed by atoms with Gasteiger partial charge in [-0.1, -0.05) is 6.07 Å². The van der Waals surface area contributed by atoms with Gasteiger partial charge in [-0.3, -0.25) is 0 Å². The Labute approximate surface area is 285 Å². The molecule has 228 valence electrons. The van der Waals surface area contributed by atoms with Crippen LogP contribution < -0.4 is 22.5 Å². The molecule has 0 radical (unpaired) electrons. The number of fused-ring (bicyclic) bond motifs is 1. The van der Waals surface area contributed by atoms with E-state index in [9.17, 15) is 0 Å². The summed E-state index contributed by atoms with van der Waals surface area (Å²) in [4.78, 5) is 2.41. The number of benzene rings is 8. The van der Waals surface area contributed by atoms with Gasteiger partial charge in [-0.25, -0.2) is 0 Å². The first-order valence-electron chi connectivity index (χ1n) is 16.5. The van der Waals surface area contributed by atoms with Gasteiger partial charge in [0.25, 0.3) is 0 Å². The monoisotopic (exact) mass is 675 g/mol. The number of hydrogen-bond donors (Lipinski definition) is 0. The van der Waals surface area contributed by atoms with E-state index in [2.05, 4.69) is 217 Å². The summed E-state index contributed by atoms with van der Waals surface area (Å²) in [5.41, 5.74) is 5.85. The fraction of sp³-hybridized carbons (Fsp3) is 0. The van der Waals surface area contributed by atoms with Gasteiger partial charge in [0, 0.05) is 0 Å². The van der Waals surface area contributed by atoms with Gasteiger partial charge in [-0.2, -0.15) is 0 Å². The first kappa shape index (κ1) is 29.7. The molecule has 0 heterocycles. The number of nitrogens with zero attached hydrogens (tertiary/aromatic N) is 1. The zero-order valence-corrected chi connectivity index (χ0v) is 28.8. The SMILES string of the molecule is c1ccc(-c2ccc(N(c3cc[c]([Ge]([c]4ccccc4)([c]4ccccc4)[c]4ccccc4)cc3)c3cccc4ccccc34)cc2)cc1. The van der Waals surface area contributed by atoms with Gasteiger partial charge in [-0.05, 0) is 0 Å². The van der Waals surface area contributed by atoms with Crippen molar-refractivity contribution in [3.8, 4) is 11.1 Å². The molecule has 1 nitrogen and oxygen atoms in total. The summed E-state index contributed by atoms with van der Waals surface area (Å²) in [6.07, 6.45) is 0. The molecule has 8 aromatic carbocycles. The molecule has 0 fully saturated rings. The van der Waals surface area contributed by atoms with Crippen molar-refractivity contribution in [1.29, 1.82) is 0 Å². The molecule has 0 amide bonds. The average molecular weight is 674 g/mol. The van der Waals surface area contributed by atoms with Crippen molar-refractivity contribution >= 4 is 58.7 Å². The first-order valence-corrected chi connectivity index (χ1v) is 20.7. The van der Waals surface area contributed by atoms with E-state index in [0.29, 0.717) is 0 Å². The average Bonchev–Trinajstić information content (AvgIpc) is 3.18. The summed E-state index contributed by atoms with van der Waals surface area (Å²) in [6, 6.07) is 77.8. The van der Waals surface area contributed by atoms with Gasteiger partial charge in [0.1, 0.15) is 0 Å². The van der Waals surface area contributed by atoms with Crippen molar-refractivity contribution < 1.29 is 0 Å². The fourth-order valence-corrected chi connectivity index (χ4v) is 17.1. The van der Waals surface area contributed by atoms with Crippen molar-refractivity contribution in [2.24, 2.45) is 0 Å². The summed E-state index contributed by atoms with van der Waals surface area (Å²) in [5.74, 6) is 0. The minimum atomic E-state index is -3.37. The quantitative estimate of drug-likeness (QED) is 0.145. The van der Waals surface area contributed by atoms with E-state index in [-0.39, 0.29) is 0 Å². The summed E-state index contributed by atoms with van der Waals surface area (Å²) in [6.45, 7) is 0. The van der Waals surface area contributed by atoms with E-state index in [4.69, 9.17) is 0 Å². The molecule has 8 rings (SSSR count). The molecule has 0 atom stereocenters. The summed E-state index contributed by atoms with van der Waals surface area (Å²) in [5, 5.41) is 2.45. The fourth-order valence-electron chi connectivity index (χ4n) is 7.19. The molecular formula is C46H35GeN. The van der Waals surface area contributed by atoms with Crippen LogP contribution in [-0.4, -0.2) is 13.3 Å². The van der Waals surface area contributed by atoms with Crippen molar-refractivity contribution in [2.75, 3.05) is 4.90 Å². The second-order valence-corrected chi connectivity index (χ2v) is 20.1. The molecule has 48 heavy (non-hydrogen) atoms. The topological polar surface area (TPSA) is 3.24 Å². The van der Waals surface area contributed by atoms with E-state index in [1.807, 2.05) is 0 Å². The van der Waals surface area contributed by atoms with Gasteiger partial charge in [0.05, 0.1) is 0 Å². The Kier molecular flexibility index (Phi) is 8.20. The molecule has 0 aliphatic carbocycles. The molecule has 0 aromatic heterocycles. The Morgan fingerprint density at radius 2 is 0.688 bits per heavy atom. The van der Waals surface area contributed by atoms with Crippen LogP contribution in [0.3, 0.4) is 0 Å². The van der Waals surface area contributed by atoms with Gasteiger partial charge >= 0.3 is 281 Å². The Hall–Kier alpha value is -5.64. The number of anilines is 3. The normalized spacial score (nSPS) is 11.3. The minimum absolute atomic E-state index is 1.13. The van der Waals surface area contributed by atoms with Crippen molar-refractivity contribution in [1.82, 2.24) is 0 Å². The molecule has 0 aliphatic rings. The van der Waals surface area contributed by atoms with Crippen LogP contribution in [0.2, 0.25) is 0 Å². The molecule has 8 aromatic rings. The van der Waals surface area contributed by atoms with Gasteiger partial charge in [-0.15, -0.1) is 0 Å². The van der Waals surface area contributed by atoms with E-state index < -0.39 is 13.3 Å². The van der Waals surface area contributed by atoms with Crippen LogP contribution in [0, 0.1) is 0 Å². The van der Waals surface area contributed by atoms with E-state index in [1.54, 1.807) is 0 Å². The Morgan fingerprint density at radius 1 is 0.292 bits per heavy atom. The first-order chi connectivity index (χ1) is 23.8. The number of hydrogen-bond acceptors (Lipinski definition) is 1. The summed E-state index contributed by atoms with van der Waals surface area (Å²) >= 11 is -3.37. The Balaban J connectivity index is 1.31. The van der Waals surface area contributed by atoms with Crippen LogP contribution >= 0.6 is 0 Å². The molecule has 0 unspecified atom stereocenters. The molecule has 2 heteroatoms. The van der Waals surface area contributed by atoms with Gasteiger partial charge < -0.3 is 0 Å². The third-order valence-corrected chi connectivity index (χ3v) is 19.5. The molecular weight excluding hydrogens is 639 g/mol. The van der Waals surface area contributed by atoms with Crippen LogP contribution in [0.1, 0.15) is 0 Å². The maximum absolute atomic E-state index is 3.37. The predicted octanol–water partition coefficient (Wildman–Crippen LogP) is 9.35. The molecule has 0 N–H and O–H groups in total. The molecule has 0 bridgehead atoms. The zero-order chi connectivity index (χ0) is 32.2. The standard InChI is InChI=1S/C46H35GeN/c1-5-16-36(17-6-1)37-28-32-43(33-29-37)48(46-27-15-19-38-18-13-14-26-45(38)46)44-34-30-42(31-35-44)47(39-20-7-2-8-21-39,40-22-9-3-10-23-40)41-24-11-4-12-25-41/h1-35H. The Morgan fingerprint density at radius 3 is 1.23 bits per heavy atom. The second kappa shape index (κ2) is 13.2. The third-order valence-electron chi connectivity index (χ3n) is 9.42. The molecule has 0 spiro atoms. The molecule has 0 saturated carbocycles. The zero-order valence-electron chi connectivity index (χ0n) is 26.7. The molecule has 0 aliphatic heterocycles. The van der Waals surface area contributed by atoms with Crippen molar-refractivity contribution in [2.45, 2.75) is 0 Å². The molecule has 0 saturated heterocycles. The number of rotatable bonds is 8. The Bertz CT molecular complexity index is 2150. The summed E-state index contributed by atoms with van der Waals surface area (Å²) < 4.78 is 5.67. The van der Waals surface area contributed by atoms with Gasteiger partial charge in [0.15, 0.2) is 0 Å². The van der Waals surface area contributed by atoms with Crippen molar-refractivity contribution in [3.05, 3.63) is 212 Å². The van der Waals surface area contributed by atoms with Crippen molar-refractivity contribution in [3.63, 3.8) is 0 Å². The second-order valence-electron chi connectivity index (χ2n) is 12.1. The predicted molar refractivity (Wildman–Crippen MR) is 208 cm³/mol. The maximum atomic E-state index is 2.41. The van der Waals surface area contributed by atoms with E-state index >= 15 is 0 Å². The van der Waals surface area contributed by atoms with Gasteiger partial charge in [0.2, 0.25) is 0 Å². The van der Waals surface area contributed by atoms with Crippen LogP contribution in [0.5, 0.6) is 0 Å². The van der Waals surface area contributed by atoms with E-state index in [1.165, 1.54) is 39.5 Å².